The second-order valence-electron chi connectivity index (χ2n) is 6.12. The lowest BCUT2D eigenvalue weighted by molar-refractivity contribution is -0.143. The molecule has 28 heavy (non-hydrogen) atoms. The van der Waals surface area contributed by atoms with Gasteiger partial charge in [-0.05, 0) is 30.2 Å². The molecule has 1 atom stereocenters. The van der Waals surface area contributed by atoms with Crippen LogP contribution >= 0.6 is 0 Å². The highest BCUT2D eigenvalue weighted by Gasteiger charge is 2.28. The van der Waals surface area contributed by atoms with Crippen LogP contribution in [-0.2, 0) is 24.2 Å². The lowest BCUT2D eigenvalue weighted by atomic mass is 10.2. The molecule has 1 heterocycles. The second-order valence-corrected chi connectivity index (χ2v) is 8.35. The predicted octanol–water partition coefficient (Wildman–Crippen LogP) is 1.12. The van der Waals surface area contributed by atoms with Gasteiger partial charge in [0.25, 0.3) is 5.91 Å². The maximum absolute atomic E-state index is 11.8. The molecule has 1 aliphatic heterocycles. The minimum atomic E-state index is -3.08. The molecule has 0 aliphatic carbocycles. The number of carbonyl (C=O) groups is 2. The van der Waals surface area contributed by atoms with Crippen LogP contribution in [0.15, 0.2) is 36.9 Å². The highest BCUT2D eigenvalue weighted by molar-refractivity contribution is 7.91. The van der Waals surface area contributed by atoms with Gasteiger partial charge in [0, 0.05) is 12.1 Å². The number of rotatable bonds is 9. The Hall–Kier alpha value is -2.81. The number of hydrogen-bond donors (Lipinski definition) is 1. The van der Waals surface area contributed by atoms with Crippen LogP contribution < -0.4 is 14.8 Å². The van der Waals surface area contributed by atoms with Crippen LogP contribution in [0.2, 0.25) is 0 Å². The summed E-state index contributed by atoms with van der Waals surface area (Å²) < 4.78 is 38.3. The quantitative estimate of drug-likeness (QED) is 0.370. The van der Waals surface area contributed by atoms with E-state index < -0.39 is 34.4 Å². The summed E-state index contributed by atoms with van der Waals surface area (Å²) in [6, 6.07) is 4.70. The van der Waals surface area contributed by atoms with Crippen molar-refractivity contribution in [2.75, 3.05) is 31.8 Å². The van der Waals surface area contributed by atoms with Crippen molar-refractivity contribution in [1.82, 2.24) is 5.32 Å². The lowest BCUT2D eigenvalue weighted by Gasteiger charge is -2.10. The van der Waals surface area contributed by atoms with Crippen LogP contribution in [0.3, 0.4) is 0 Å². The fourth-order valence-corrected chi connectivity index (χ4v) is 4.26. The van der Waals surface area contributed by atoms with Crippen molar-refractivity contribution in [1.29, 1.82) is 0 Å². The lowest BCUT2D eigenvalue weighted by Crippen LogP contribution is -2.38. The van der Waals surface area contributed by atoms with Crippen molar-refractivity contribution >= 4 is 27.8 Å². The van der Waals surface area contributed by atoms with Crippen LogP contribution in [0.5, 0.6) is 11.5 Å². The highest BCUT2D eigenvalue weighted by Crippen LogP contribution is 2.28. The molecule has 0 saturated carbocycles. The fourth-order valence-electron chi connectivity index (χ4n) is 2.58. The Labute approximate surface area is 164 Å². The van der Waals surface area contributed by atoms with E-state index in [1.54, 1.807) is 24.3 Å². The standard InChI is InChI=1S/C19H23NO7S/c1-3-9-26-16-6-4-14(11-17(16)25-2)5-7-19(22)27-12-18(21)20-15-8-10-28(23,24)13-15/h3-7,11,15H,1,8-10,12-13H2,2H3,(H,20,21)/b7-5+/t15-/m0/s1. The molecule has 0 radical (unpaired) electrons. The Morgan fingerprint density at radius 1 is 1.32 bits per heavy atom. The van der Waals surface area contributed by atoms with Gasteiger partial charge in [-0.3, -0.25) is 4.79 Å². The van der Waals surface area contributed by atoms with Gasteiger partial charge in [0.2, 0.25) is 0 Å². The minimum Gasteiger partial charge on any atom is -0.493 e. The zero-order valence-electron chi connectivity index (χ0n) is 15.6. The molecule has 1 aromatic carbocycles. The molecule has 0 aromatic heterocycles. The summed E-state index contributed by atoms with van der Waals surface area (Å²) in [4.78, 5) is 23.5. The van der Waals surface area contributed by atoms with E-state index in [2.05, 4.69) is 11.9 Å². The maximum Gasteiger partial charge on any atom is 0.331 e. The normalized spacial score (nSPS) is 17.8. The van der Waals surface area contributed by atoms with Crippen molar-refractivity contribution in [3.05, 3.63) is 42.5 Å². The summed E-state index contributed by atoms with van der Waals surface area (Å²) in [7, 11) is -1.58. The molecular weight excluding hydrogens is 386 g/mol. The zero-order chi connectivity index (χ0) is 20.6. The van der Waals surface area contributed by atoms with Crippen molar-refractivity contribution < 1.29 is 32.2 Å². The average molecular weight is 409 g/mol. The second kappa shape index (κ2) is 9.93. The summed E-state index contributed by atoms with van der Waals surface area (Å²) in [6.45, 7) is 3.44. The number of amides is 1. The van der Waals surface area contributed by atoms with Gasteiger partial charge < -0.3 is 19.5 Å². The number of methoxy groups -OCH3 is 1. The first-order valence-corrected chi connectivity index (χ1v) is 10.4. The molecule has 0 unspecified atom stereocenters. The van der Waals surface area contributed by atoms with Crippen molar-refractivity contribution in [3.63, 3.8) is 0 Å². The molecular formula is C19H23NO7S. The van der Waals surface area contributed by atoms with Gasteiger partial charge in [0.15, 0.2) is 27.9 Å². The number of sulfone groups is 1. The number of benzene rings is 1. The number of ether oxygens (including phenoxy) is 3. The molecule has 1 fully saturated rings. The van der Waals surface area contributed by atoms with Gasteiger partial charge in [-0.2, -0.15) is 0 Å². The maximum atomic E-state index is 11.8. The summed E-state index contributed by atoms with van der Waals surface area (Å²) in [6.07, 6.45) is 4.69. The van der Waals surface area contributed by atoms with Crippen LogP contribution in [-0.4, -0.2) is 58.2 Å². The van der Waals surface area contributed by atoms with Crippen LogP contribution in [0.25, 0.3) is 6.08 Å². The molecule has 1 aliphatic rings. The molecule has 0 bridgehead atoms. The smallest absolute Gasteiger partial charge is 0.331 e. The minimum absolute atomic E-state index is 0.0569. The van der Waals surface area contributed by atoms with E-state index in [4.69, 9.17) is 14.2 Å². The first kappa shape index (κ1) is 21.5. The molecule has 1 amide bonds. The third kappa shape index (κ3) is 6.73. The van der Waals surface area contributed by atoms with Crippen LogP contribution in [0.4, 0.5) is 0 Å². The first-order valence-electron chi connectivity index (χ1n) is 8.59. The Morgan fingerprint density at radius 3 is 2.75 bits per heavy atom. The van der Waals surface area contributed by atoms with E-state index in [0.717, 1.165) is 0 Å². The summed E-state index contributed by atoms with van der Waals surface area (Å²) in [5.74, 6) is -0.201. The molecule has 9 heteroatoms. The summed E-state index contributed by atoms with van der Waals surface area (Å²) in [5, 5.41) is 2.54. The third-order valence-corrected chi connectivity index (χ3v) is 5.67. The Morgan fingerprint density at radius 2 is 2.11 bits per heavy atom. The van der Waals surface area contributed by atoms with Crippen molar-refractivity contribution in [3.8, 4) is 11.5 Å². The largest absolute Gasteiger partial charge is 0.493 e. The zero-order valence-corrected chi connectivity index (χ0v) is 16.4. The van der Waals surface area contributed by atoms with Gasteiger partial charge in [0.1, 0.15) is 6.61 Å². The summed E-state index contributed by atoms with van der Waals surface area (Å²) >= 11 is 0. The molecule has 152 valence electrons. The van der Waals surface area contributed by atoms with Gasteiger partial charge in [0.05, 0.1) is 18.6 Å². The Kier molecular flexibility index (Phi) is 7.62. The molecule has 1 saturated heterocycles. The average Bonchev–Trinajstić information content (AvgIpc) is 3.01. The Balaban J connectivity index is 1.82. The first-order chi connectivity index (χ1) is 13.3. The van der Waals surface area contributed by atoms with Gasteiger partial charge >= 0.3 is 5.97 Å². The van der Waals surface area contributed by atoms with Crippen molar-refractivity contribution in [2.45, 2.75) is 12.5 Å². The van der Waals surface area contributed by atoms with Gasteiger partial charge in [-0.15, -0.1) is 0 Å². The number of nitrogens with one attached hydrogen (secondary N) is 1. The number of esters is 1. The van der Waals surface area contributed by atoms with Gasteiger partial charge in [-0.25, -0.2) is 13.2 Å². The topological polar surface area (TPSA) is 108 Å². The molecule has 1 N–H and O–H groups in total. The SMILES string of the molecule is C=CCOc1ccc(/C=C/C(=O)OCC(=O)N[C@H]2CCS(=O)(=O)C2)cc1OC. The number of hydrogen-bond acceptors (Lipinski definition) is 7. The van der Waals surface area contributed by atoms with Crippen molar-refractivity contribution in [2.24, 2.45) is 0 Å². The van der Waals surface area contributed by atoms with E-state index in [0.29, 0.717) is 30.1 Å². The van der Waals surface area contributed by atoms with E-state index in [-0.39, 0.29) is 11.5 Å². The molecule has 0 spiro atoms. The molecule has 2 rings (SSSR count). The Bertz CT molecular complexity index is 861. The monoisotopic (exact) mass is 409 g/mol. The van der Waals surface area contributed by atoms with E-state index in [1.165, 1.54) is 19.3 Å². The fraction of sp³-hybridized carbons (Fsp3) is 0.368. The highest BCUT2D eigenvalue weighted by atomic mass is 32.2. The molecule has 1 aromatic rings. The van der Waals surface area contributed by atoms with E-state index in [9.17, 15) is 18.0 Å². The van der Waals surface area contributed by atoms with Crippen LogP contribution in [0.1, 0.15) is 12.0 Å². The van der Waals surface area contributed by atoms with Gasteiger partial charge in [-0.1, -0.05) is 18.7 Å². The predicted molar refractivity (Wildman–Crippen MR) is 104 cm³/mol. The van der Waals surface area contributed by atoms with Crippen LogP contribution in [0, 0.1) is 0 Å². The summed E-state index contributed by atoms with van der Waals surface area (Å²) in [5.41, 5.74) is 0.681. The number of carbonyl (C=O) groups excluding carboxylic acids is 2. The third-order valence-electron chi connectivity index (χ3n) is 3.90. The van der Waals surface area contributed by atoms with E-state index >= 15 is 0 Å². The molecule has 8 nitrogen and oxygen atoms in total. The van der Waals surface area contributed by atoms with E-state index in [1.807, 2.05) is 0 Å².